The number of sulfonamides is 1. The van der Waals surface area contributed by atoms with Crippen molar-refractivity contribution in [1.29, 1.82) is 0 Å². The van der Waals surface area contributed by atoms with Crippen LogP contribution in [-0.4, -0.2) is 41.1 Å². The third-order valence-corrected chi connectivity index (χ3v) is 5.85. The molecule has 8 heteroatoms. The Morgan fingerprint density at radius 2 is 2.04 bits per heavy atom. The first-order valence-corrected chi connectivity index (χ1v) is 9.64. The van der Waals surface area contributed by atoms with Gasteiger partial charge in [-0.05, 0) is 37.3 Å². The molecule has 1 heterocycles. The molecule has 2 aromatic rings. The molecule has 0 saturated carbocycles. The Bertz CT molecular complexity index is 927. The van der Waals surface area contributed by atoms with Crippen LogP contribution in [0.1, 0.15) is 17.3 Å². The van der Waals surface area contributed by atoms with Crippen molar-refractivity contribution in [3.8, 4) is 11.5 Å². The molecule has 0 unspecified atom stereocenters. The Balaban J connectivity index is 2.10. The molecule has 7 nitrogen and oxygen atoms in total. The summed E-state index contributed by atoms with van der Waals surface area (Å²) < 4.78 is 38.7. The fourth-order valence-electron chi connectivity index (χ4n) is 2.79. The maximum absolute atomic E-state index is 13.3. The van der Waals surface area contributed by atoms with Crippen LogP contribution in [-0.2, 0) is 10.0 Å². The average Bonchev–Trinajstić information content (AvgIpc) is 2.67. The number of methoxy groups -OCH3 is 1. The third kappa shape index (κ3) is 3.20. The number of nitrogens with zero attached hydrogens (tertiary/aromatic N) is 1. The predicted octanol–water partition coefficient (Wildman–Crippen LogP) is 2.03. The molecule has 0 fully saturated rings. The van der Waals surface area contributed by atoms with E-state index in [1.54, 1.807) is 31.2 Å². The summed E-state index contributed by atoms with van der Waals surface area (Å²) in [5, 5.41) is 2.66. The SMILES string of the molecule is CCNC(=O)c1ccc(OC)c(S(=O)(=O)N2CCOc3ccccc32)c1. The lowest BCUT2D eigenvalue weighted by Crippen LogP contribution is -2.38. The van der Waals surface area contributed by atoms with Gasteiger partial charge in [-0.25, -0.2) is 8.42 Å². The van der Waals surface area contributed by atoms with Gasteiger partial charge in [-0.3, -0.25) is 9.10 Å². The van der Waals surface area contributed by atoms with E-state index < -0.39 is 10.0 Å². The highest BCUT2D eigenvalue weighted by Crippen LogP contribution is 2.37. The van der Waals surface area contributed by atoms with Crippen LogP contribution in [0.4, 0.5) is 5.69 Å². The number of hydrogen-bond donors (Lipinski definition) is 1. The quantitative estimate of drug-likeness (QED) is 0.863. The van der Waals surface area contributed by atoms with E-state index in [1.165, 1.54) is 29.6 Å². The van der Waals surface area contributed by atoms with E-state index in [0.717, 1.165) is 0 Å². The van der Waals surface area contributed by atoms with Crippen molar-refractivity contribution in [3.63, 3.8) is 0 Å². The third-order valence-electron chi connectivity index (χ3n) is 4.02. The van der Waals surface area contributed by atoms with Gasteiger partial charge in [0.1, 0.15) is 23.0 Å². The normalized spacial score (nSPS) is 13.5. The van der Waals surface area contributed by atoms with Gasteiger partial charge in [0, 0.05) is 12.1 Å². The number of amides is 1. The summed E-state index contributed by atoms with van der Waals surface area (Å²) in [4.78, 5) is 12.1. The van der Waals surface area contributed by atoms with Gasteiger partial charge in [-0.1, -0.05) is 12.1 Å². The van der Waals surface area contributed by atoms with Crippen LogP contribution in [0.25, 0.3) is 0 Å². The number of para-hydroxylation sites is 2. The minimum atomic E-state index is -3.94. The number of benzene rings is 2. The first-order valence-electron chi connectivity index (χ1n) is 8.20. The molecule has 0 saturated heterocycles. The molecule has 0 aromatic heterocycles. The lowest BCUT2D eigenvalue weighted by Gasteiger charge is -2.30. The van der Waals surface area contributed by atoms with Crippen molar-refractivity contribution in [3.05, 3.63) is 48.0 Å². The van der Waals surface area contributed by atoms with Gasteiger partial charge >= 0.3 is 0 Å². The lowest BCUT2D eigenvalue weighted by molar-refractivity contribution is 0.0955. The number of anilines is 1. The topological polar surface area (TPSA) is 84.9 Å². The summed E-state index contributed by atoms with van der Waals surface area (Å²) in [6.45, 7) is 2.66. The predicted molar refractivity (Wildman–Crippen MR) is 97.5 cm³/mol. The Morgan fingerprint density at radius 1 is 1.27 bits per heavy atom. The van der Waals surface area contributed by atoms with Gasteiger partial charge in [0.15, 0.2) is 0 Å². The molecule has 3 rings (SSSR count). The molecule has 0 aliphatic carbocycles. The molecule has 0 radical (unpaired) electrons. The van der Waals surface area contributed by atoms with E-state index in [4.69, 9.17) is 9.47 Å². The molecule has 1 aliphatic rings. The van der Waals surface area contributed by atoms with E-state index in [9.17, 15) is 13.2 Å². The Hall–Kier alpha value is -2.74. The summed E-state index contributed by atoms with van der Waals surface area (Å²) in [5.41, 5.74) is 0.719. The largest absolute Gasteiger partial charge is 0.495 e. The molecule has 0 atom stereocenters. The number of hydrogen-bond acceptors (Lipinski definition) is 5. The van der Waals surface area contributed by atoms with Crippen LogP contribution in [0.5, 0.6) is 11.5 Å². The Labute approximate surface area is 152 Å². The minimum absolute atomic E-state index is 0.0551. The first kappa shape index (κ1) is 18.1. The molecule has 0 spiro atoms. The van der Waals surface area contributed by atoms with Crippen LogP contribution in [0.15, 0.2) is 47.4 Å². The minimum Gasteiger partial charge on any atom is -0.495 e. The fourth-order valence-corrected chi connectivity index (χ4v) is 4.44. The second-order valence-corrected chi connectivity index (χ2v) is 7.45. The van der Waals surface area contributed by atoms with E-state index in [1.807, 2.05) is 0 Å². The first-order chi connectivity index (χ1) is 12.5. The van der Waals surface area contributed by atoms with Gasteiger partial charge in [0.25, 0.3) is 15.9 Å². The lowest BCUT2D eigenvalue weighted by atomic mass is 10.2. The molecule has 1 aliphatic heterocycles. The number of fused-ring (bicyclic) bond motifs is 1. The van der Waals surface area contributed by atoms with Gasteiger partial charge in [0.2, 0.25) is 0 Å². The van der Waals surface area contributed by atoms with Crippen LogP contribution in [0.3, 0.4) is 0 Å². The fraction of sp³-hybridized carbons (Fsp3) is 0.278. The highest BCUT2D eigenvalue weighted by atomic mass is 32.2. The number of carbonyl (C=O) groups is 1. The highest BCUT2D eigenvalue weighted by Gasteiger charge is 2.32. The second-order valence-electron chi connectivity index (χ2n) is 5.62. The zero-order valence-corrected chi connectivity index (χ0v) is 15.4. The van der Waals surface area contributed by atoms with E-state index >= 15 is 0 Å². The molecule has 1 amide bonds. The van der Waals surface area contributed by atoms with Crippen LogP contribution < -0.4 is 19.1 Å². The molecule has 1 N–H and O–H groups in total. The second kappa shape index (κ2) is 7.25. The van der Waals surface area contributed by atoms with Crippen molar-refractivity contribution in [2.75, 3.05) is 31.1 Å². The van der Waals surface area contributed by atoms with E-state index in [-0.39, 0.29) is 35.3 Å². The molecule has 2 aromatic carbocycles. The molecule has 0 bridgehead atoms. The smallest absolute Gasteiger partial charge is 0.268 e. The maximum Gasteiger partial charge on any atom is 0.268 e. The molecule has 138 valence electrons. The summed E-state index contributed by atoms with van der Waals surface area (Å²) in [6.07, 6.45) is 0. The number of ether oxygens (including phenoxy) is 2. The summed E-state index contributed by atoms with van der Waals surface area (Å²) in [6, 6.07) is 11.3. The zero-order chi connectivity index (χ0) is 18.7. The molecular weight excluding hydrogens is 356 g/mol. The zero-order valence-electron chi connectivity index (χ0n) is 14.6. The van der Waals surface area contributed by atoms with Crippen molar-refractivity contribution >= 4 is 21.6 Å². The number of nitrogens with one attached hydrogen (secondary N) is 1. The number of carbonyl (C=O) groups excluding carboxylic acids is 1. The molecular formula is C18H20N2O5S. The van der Waals surface area contributed by atoms with Gasteiger partial charge in [-0.2, -0.15) is 0 Å². The summed E-state index contributed by atoms with van der Waals surface area (Å²) in [5.74, 6) is 0.345. The average molecular weight is 376 g/mol. The Kier molecular flexibility index (Phi) is 5.03. The van der Waals surface area contributed by atoms with Crippen LogP contribution in [0, 0.1) is 0 Å². The van der Waals surface area contributed by atoms with Gasteiger partial charge in [0.05, 0.1) is 19.3 Å². The van der Waals surface area contributed by atoms with Crippen molar-refractivity contribution in [2.24, 2.45) is 0 Å². The van der Waals surface area contributed by atoms with Crippen molar-refractivity contribution in [1.82, 2.24) is 5.32 Å². The highest BCUT2D eigenvalue weighted by molar-refractivity contribution is 7.93. The summed E-state index contributed by atoms with van der Waals surface area (Å²) >= 11 is 0. The van der Waals surface area contributed by atoms with Gasteiger partial charge in [-0.15, -0.1) is 0 Å². The van der Waals surface area contributed by atoms with Crippen molar-refractivity contribution in [2.45, 2.75) is 11.8 Å². The van der Waals surface area contributed by atoms with Gasteiger partial charge < -0.3 is 14.8 Å². The summed E-state index contributed by atoms with van der Waals surface area (Å²) in [7, 11) is -2.54. The number of rotatable bonds is 5. The maximum atomic E-state index is 13.3. The monoisotopic (exact) mass is 376 g/mol. The Morgan fingerprint density at radius 3 is 2.77 bits per heavy atom. The van der Waals surface area contributed by atoms with E-state index in [2.05, 4.69) is 5.32 Å². The standard InChI is InChI=1S/C18H20N2O5S/c1-3-19-18(21)13-8-9-16(24-2)17(12-13)26(22,23)20-10-11-25-15-7-5-4-6-14(15)20/h4-9,12H,3,10-11H2,1-2H3,(H,19,21). The van der Waals surface area contributed by atoms with Crippen molar-refractivity contribution < 1.29 is 22.7 Å². The van der Waals surface area contributed by atoms with E-state index in [0.29, 0.717) is 18.0 Å². The van der Waals surface area contributed by atoms with Crippen LogP contribution in [0.2, 0.25) is 0 Å². The van der Waals surface area contributed by atoms with Crippen LogP contribution >= 0.6 is 0 Å². The molecule has 26 heavy (non-hydrogen) atoms.